The van der Waals surface area contributed by atoms with Crippen LogP contribution in [-0.4, -0.2) is 28.7 Å². The van der Waals surface area contributed by atoms with Crippen LogP contribution in [0.5, 0.6) is 5.75 Å². The minimum atomic E-state index is -0.534. The zero-order valence-corrected chi connectivity index (χ0v) is 21.5. The van der Waals surface area contributed by atoms with Crippen LogP contribution in [0.4, 0.5) is 17.2 Å². The summed E-state index contributed by atoms with van der Waals surface area (Å²) in [5.74, 6) is 0.681. The van der Waals surface area contributed by atoms with Crippen molar-refractivity contribution in [3.05, 3.63) is 113 Å². The van der Waals surface area contributed by atoms with E-state index in [1.165, 1.54) is 11.8 Å². The third kappa shape index (κ3) is 4.88. The highest BCUT2D eigenvalue weighted by atomic mass is 16.5. The molecule has 0 saturated heterocycles. The van der Waals surface area contributed by atoms with Gasteiger partial charge in [-0.3, -0.25) is 9.59 Å². The fourth-order valence-corrected chi connectivity index (χ4v) is 4.55. The highest BCUT2D eigenvalue weighted by Gasteiger charge is 2.35. The van der Waals surface area contributed by atoms with E-state index in [2.05, 4.69) is 40.1 Å². The molecule has 0 unspecified atom stereocenters. The lowest BCUT2D eigenvalue weighted by molar-refractivity contribution is -0.113. The van der Waals surface area contributed by atoms with Crippen LogP contribution in [0.1, 0.15) is 41.4 Å². The molecule has 4 aromatic rings. The Kier molecular flexibility index (Phi) is 6.95. The molecule has 38 heavy (non-hydrogen) atoms. The van der Waals surface area contributed by atoms with Crippen molar-refractivity contribution in [3.8, 4) is 5.75 Å². The molecule has 1 aliphatic rings. The molecule has 0 bridgehead atoms. The second-order valence-electron chi connectivity index (χ2n) is 9.02. The van der Waals surface area contributed by atoms with E-state index in [0.29, 0.717) is 39.8 Å². The van der Waals surface area contributed by atoms with Crippen LogP contribution < -0.4 is 20.7 Å². The molecular weight excluding hydrogens is 478 g/mol. The van der Waals surface area contributed by atoms with E-state index in [9.17, 15) is 9.59 Å². The number of aromatic nitrogens is 2. The number of ether oxygens (including phenoxy) is 1. The molecule has 5 rings (SSSR count). The normalized spacial score (nSPS) is 14.3. The van der Waals surface area contributed by atoms with Crippen LogP contribution in [0, 0.1) is 0 Å². The van der Waals surface area contributed by atoms with Gasteiger partial charge in [0.2, 0.25) is 0 Å². The molecule has 0 aliphatic carbocycles. The zero-order valence-electron chi connectivity index (χ0n) is 21.5. The predicted octanol–water partition coefficient (Wildman–Crippen LogP) is 5.63. The highest BCUT2D eigenvalue weighted by molar-refractivity contribution is 6.09. The Morgan fingerprint density at radius 2 is 1.58 bits per heavy atom. The van der Waals surface area contributed by atoms with Gasteiger partial charge in [-0.15, -0.1) is 0 Å². The summed E-state index contributed by atoms with van der Waals surface area (Å²) in [6.07, 6.45) is 2.44. The topological polar surface area (TPSA) is 97.3 Å². The van der Waals surface area contributed by atoms with Gasteiger partial charge in [-0.25, -0.2) is 4.68 Å². The van der Waals surface area contributed by atoms with Gasteiger partial charge >= 0.3 is 0 Å². The summed E-state index contributed by atoms with van der Waals surface area (Å²) in [5.41, 5.74) is 4.95. The number of rotatable bonds is 7. The van der Waals surface area contributed by atoms with E-state index in [0.717, 1.165) is 12.0 Å². The molecule has 1 aliphatic heterocycles. The molecule has 8 nitrogen and oxygen atoms in total. The van der Waals surface area contributed by atoms with Crippen molar-refractivity contribution in [3.63, 3.8) is 0 Å². The van der Waals surface area contributed by atoms with Gasteiger partial charge in [0, 0.05) is 17.1 Å². The van der Waals surface area contributed by atoms with Gasteiger partial charge in [-0.2, -0.15) is 5.10 Å². The lowest BCUT2D eigenvalue weighted by Gasteiger charge is -2.30. The summed E-state index contributed by atoms with van der Waals surface area (Å²) in [4.78, 5) is 26.8. The summed E-state index contributed by atoms with van der Waals surface area (Å²) in [5, 5.41) is 13.8. The molecule has 1 aromatic heterocycles. The first kappa shape index (κ1) is 24.8. The minimum absolute atomic E-state index is 0.263. The number of allylic oxidation sites excluding steroid dienone is 1. The van der Waals surface area contributed by atoms with Gasteiger partial charge in [0.25, 0.3) is 11.8 Å². The van der Waals surface area contributed by atoms with Crippen molar-refractivity contribution >= 4 is 29.0 Å². The first-order valence-corrected chi connectivity index (χ1v) is 12.4. The summed E-state index contributed by atoms with van der Waals surface area (Å²) < 4.78 is 6.93. The molecule has 2 amide bonds. The number of carbonyl (C=O) groups excluding carboxylic acids is 2. The average Bonchev–Trinajstić information content (AvgIpc) is 3.37. The average molecular weight is 508 g/mol. The smallest absolute Gasteiger partial charge is 0.261 e. The molecule has 0 radical (unpaired) electrons. The molecule has 3 N–H and O–H groups in total. The Morgan fingerprint density at radius 1 is 0.921 bits per heavy atom. The first-order chi connectivity index (χ1) is 18.5. The molecule has 192 valence electrons. The van der Waals surface area contributed by atoms with Crippen LogP contribution in [-0.2, 0) is 11.2 Å². The van der Waals surface area contributed by atoms with Gasteiger partial charge in [0.05, 0.1) is 18.9 Å². The van der Waals surface area contributed by atoms with E-state index in [-0.39, 0.29) is 11.8 Å². The van der Waals surface area contributed by atoms with E-state index in [4.69, 9.17) is 4.74 Å². The largest absolute Gasteiger partial charge is 0.497 e. The molecule has 3 aromatic carbocycles. The third-order valence-electron chi connectivity index (χ3n) is 6.60. The highest BCUT2D eigenvalue weighted by Crippen LogP contribution is 2.38. The number of methoxy groups -OCH3 is 1. The first-order valence-electron chi connectivity index (χ1n) is 12.4. The van der Waals surface area contributed by atoms with E-state index < -0.39 is 6.04 Å². The Morgan fingerprint density at radius 3 is 2.24 bits per heavy atom. The fourth-order valence-electron chi connectivity index (χ4n) is 4.55. The molecular formula is C30H29N5O3. The van der Waals surface area contributed by atoms with Crippen LogP contribution in [0.3, 0.4) is 0 Å². The monoisotopic (exact) mass is 507 g/mol. The van der Waals surface area contributed by atoms with Crippen molar-refractivity contribution in [2.75, 3.05) is 23.1 Å². The van der Waals surface area contributed by atoms with Gasteiger partial charge in [0.1, 0.15) is 23.2 Å². The van der Waals surface area contributed by atoms with Gasteiger partial charge < -0.3 is 20.7 Å². The number of anilines is 3. The summed E-state index contributed by atoms with van der Waals surface area (Å²) in [6, 6.07) is 24.0. The summed E-state index contributed by atoms with van der Waals surface area (Å²) in [6.45, 7) is 3.94. The molecule has 1 atom stereocenters. The van der Waals surface area contributed by atoms with Crippen LogP contribution >= 0.6 is 0 Å². The van der Waals surface area contributed by atoms with Gasteiger partial charge in [-0.1, -0.05) is 49.4 Å². The Balaban J connectivity index is 1.52. The molecule has 2 heterocycles. The lowest BCUT2D eigenvalue weighted by Crippen LogP contribution is -2.32. The number of nitrogens with one attached hydrogen (secondary N) is 3. The van der Waals surface area contributed by atoms with Crippen molar-refractivity contribution in [2.24, 2.45) is 0 Å². The van der Waals surface area contributed by atoms with Crippen LogP contribution in [0.15, 0.2) is 96.3 Å². The van der Waals surface area contributed by atoms with Crippen molar-refractivity contribution in [1.82, 2.24) is 9.78 Å². The SMILES string of the molecule is CCc1ccc([C@@H]2C(C(=O)Nc3ccc(OC)cc3)=C(C)Nc3c(C(=O)Nc4ccccc4)cnn32)cc1. The maximum Gasteiger partial charge on any atom is 0.261 e. The number of aryl methyl sites for hydroxylation is 1. The number of benzene rings is 3. The van der Waals surface area contributed by atoms with Gasteiger partial charge in [0.15, 0.2) is 0 Å². The molecule has 8 heteroatoms. The zero-order chi connectivity index (χ0) is 26.6. The number of carbonyl (C=O) groups is 2. The summed E-state index contributed by atoms with van der Waals surface area (Å²) >= 11 is 0. The number of nitrogens with zero attached hydrogens (tertiary/aromatic N) is 2. The maximum atomic E-state index is 13.7. The second-order valence-corrected chi connectivity index (χ2v) is 9.02. The van der Waals surface area contributed by atoms with Crippen LogP contribution in [0.2, 0.25) is 0 Å². The fraction of sp³-hybridized carbons (Fsp3) is 0.167. The molecule has 0 fully saturated rings. The van der Waals surface area contributed by atoms with Crippen molar-refractivity contribution < 1.29 is 14.3 Å². The van der Waals surface area contributed by atoms with E-state index >= 15 is 0 Å². The number of fused-ring (bicyclic) bond motifs is 1. The molecule has 0 saturated carbocycles. The molecule has 0 spiro atoms. The van der Waals surface area contributed by atoms with E-state index in [1.54, 1.807) is 36.1 Å². The Labute approximate surface area is 221 Å². The summed E-state index contributed by atoms with van der Waals surface area (Å²) in [7, 11) is 1.60. The van der Waals surface area contributed by atoms with Crippen molar-refractivity contribution in [1.29, 1.82) is 0 Å². The van der Waals surface area contributed by atoms with E-state index in [1.807, 2.05) is 49.4 Å². The maximum absolute atomic E-state index is 13.7. The Bertz CT molecular complexity index is 1490. The lowest BCUT2D eigenvalue weighted by atomic mass is 9.93. The minimum Gasteiger partial charge on any atom is -0.497 e. The number of hydrogen-bond donors (Lipinski definition) is 3. The van der Waals surface area contributed by atoms with Gasteiger partial charge in [-0.05, 0) is 60.9 Å². The van der Waals surface area contributed by atoms with Crippen molar-refractivity contribution in [2.45, 2.75) is 26.3 Å². The standard InChI is InChI=1S/C30H29N5O3/c1-4-20-10-12-21(13-11-20)27-26(30(37)34-23-14-16-24(38-3)17-15-23)19(2)32-28-25(18-31-35(27)28)29(36)33-22-8-6-5-7-9-22/h5-18,27,32H,4H2,1-3H3,(H,33,36)(H,34,37)/t27-/m1/s1. The predicted molar refractivity (Wildman–Crippen MR) is 149 cm³/mol. The third-order valence-corrected chi connectivity index (χ3v) is 6.60. The number of para-hydroxylation sites is 1. The van der Waals surface area contributed by atoms with Crippen LogP contribution in [0.25, 0.3) is 0 Å². The Hall–Kier alpha value is -4.85. The quantitative estimate of drug-likeness (QED) is 0.301. The number of amides is 2. The second kappa shape index (κ2) is 10.6. The number of hydrogen-bond acceptors (Lipinski definition) is 5.